The van der Waals surface area contributed by atoms with Gasteiger partial charge < -0.3 is 4.74 Å². The fraction of sp³-hybridized carbons (Fsp3) is 0.545. The molecule has 0 spiro atoms. The molecule has 2 heterocycles. The highest BCUT2D eigenvalue weighted by molar-refractivity contribution is 7.89. The fourth-order valence-electron chi connectivity index (χ4n) is 1.96. The van der Waals surface area contributed by atoms with Crippen molar-refractivity contribution < 1.29 is 13.2 Å². The third-order valence-corrected chi connectivity index (χ3v) is 5.45. The predicted octanol–water partition coefficient (Wildman–Crippen LogP) is 1.53. The first-order chi connectivity index (χ1) is 8.36. The van der Waals surface area contributed by atoms with Crippen LogP contribution in [0.25, 0.3) is 0 Å². The lowest BCUT2D eigenvalue weighted by Gasteiger charge is -2.40. The molecule has 1 saturated heterocycles. The van der Waals surface area contributed by atoms with Crippen molar-refractivity contribution in [3.05, 3.63) is 23.5 Å². The Morgan fingerprint density at radius 3 is 2.83 bits per heavy atom. The Hall–Kier alpha value is -0.690. The summed E-state index contributed by atoms with van der Waals surface area (Å²) in [5.41, 5.74) is -0.587. The smallest absolute Gasteiger partial charge is 0.246 e. The van der Waals surface area contributed by atoms with Crippen molar-refractivity contribution in [1.82, 2.24) is 9.29 Å². The molecular weight excluding hydrogens is 276 g/mol. The maximum Gasteiger partial charge on any atom is 0.246 e. The zero-order valence-corrected chi connectivity index (χ0v) is 11.8. The summed E-state index contributed by atoms with van der Waals surface area (Å²) in [6, 6.07) is 1.47. The highest BCUT2D eigenvalue weighted by Crippen LogP contribution is 2.30. The van der Waals surface area contributed by atoms with Crippen molar-refractivity contribution in [3.63, 3.8) is 0 Å². The maximum absolute atomic E-state index is 12.6. The lowest BCUT2D eigenvalue weighted by atomic mass is 10.1. The Bertz CT molecular complexity index is 545. The number of nitrogens with zero attached hydrogens (tertiary/aromatic N) is 2. The molecule has 1 aromatic heterocycles. The molecule has 0 saturated carbocycles. The third kappa shape index (κ3) is 2.38. The van der Waals surface area contributed by atoms with E-state index in [9.17, 15) is 8.42 Å². The summed E-state index contributed by atoms with van der Waals surface area (Å²) in [6.07, 6.45) is 2.75. The minimum Gasteiger partial charge on any atom is -0.378 e. The molecule has 100 valence electrons. The number of pyridine rings is 1. The van der Waals surface area contributed by atoms with Gasteiger partial charge in [0, 0.05) is 18.9 Å². The predicted molar refractivity (Wildman–Crippen MR) is 68.0 cm³/mol. The average molecular weight is 291 g/mol. The number of hydrogen-bond acceptors (Lipinski definition) is 4. The van der Waals surface area contributed by atoms with Crippen LogP contribution in [0.3, 0.4) is 0 Å². The SMILES string of the molecule is CC1(C)COCCN1S(=O)(=O)c1cnccc1Cl. The Kier molecular flexibility index (Phi) is 3.64. The second-order valence-electron chi connectivity index (χ2n) is 4.75. The maximum atomic E-state index is 12.6. The van der Waals surface area contributed by atoms with Gasteiger partial charge in [0.15, 0.2) is 0 Å². The van der Waals surface area contributed by atoms with Gasteiger partial charge >= 0.3 is 0 Å². The number of sulfonamides is 1. The number of halogens is 1. The van der Waals surface area contributed by atoms with Crippen LogP contribution in [-0.4, -0.2) is 43.0 Å². The molecule has 0 bridgehead atoms. The third-order valence-electron chi connectivity index (χ3n) is 2.87. The normalized spacial score (nSPS) is 20.8. The average Bonchev–Trinajstić information content (AvgIpc) is 2.28. The molecular formula is C11H15ClN2O3S. The van der Waals surface area contributed by atoms with Crippen LogP contribution in [0.5, 0.6) is 0 Å². The molecule has 18 heavy (non-hydrogen) atoms. The van der Waals surface area contributed by atoms with Crippen LogP contribution in [0.1, 0.15) is 13.8 Å². The molecule has 0 aliphatic carbocycles. The largest absolute Gasteiger partial charge is 0.378 e. The van der Waals surface area contributed by atoms with Crippen molar-refractivity contribution >= 4 is 21.6 Å². The summed E-state index contributed by atoms with van der Waals surface area (Å²) in [5.74, 6) is 0. The molecule has 1 fully saturated rings. The second kappa shape index (κ2) is 4.77. The quantitative estimate of drug-likeness (QED) is 0.829. The van der Waals surface area contributed by atoms with E-state index in [1.807, 2.05) is 13.8 Å². The number of hydrogen-bond donors (Lipinski definition) is 0. The topological polar surface area (TPSA) is 59.5 Å². The number of morpholine rings is 1. The molecule has 0 amide bonds. The highest BCUT2D eigenvalue weighted by atomic mass is 35.5. The van der Waals surface area contributed by atoms with Crippen molar-refractivity contribution in [3.8, 4) is 0 Å². The van der Waals surface area contributed by atoms with Gasteiger partial charge in [0.2, 0.25) is 10.0 Å². The molecule has 1 aromatic rings. The first-order valence-corrected chi connectivity index (χ1v) is 7.37. The molecule has 0 unspecified atom stereocenters. The molecule has 2 rings (SSSR count). The van der Waals surface area contributed by atoms with Gasteiger partial charge in [-0.2, -0.15) is 4.31 Å². The molecule has 1 aliphatic rings. The van der Waals surface area contributed by atoms with Crippen molar-refractivity contribution in [2.45, 2.75) is 24.3 Å². The van der Waals surface area contributed by atoms with E-state index >= 15 is 0 Å². The van der Waals surface area contributed by atoms with Gasteiger partial charge in [-0.1, -0.05) is 11.6 Å². The number of aromatic nitrogens is 1. The Morgan fingerprint density at radius 2 is 2.22 bits per heavy atom. The molecule has 0 aromatic carbocycles. The summed E-state index contributed by atoms with van der Waals surface area (Å²) < 4.78 is 31.9. The van der Waals surface area contributed by atoms with Crippen LogP contribution < -0.4 is 0 Å². The molecule has 0 radical (unpaired) electrons. The molecule has 5 nitrogen and oxygen atoms in total. The first-order valence-electron chi connectivity index (χ1n) is 5.56. The van der Waals surface area contributed by atoms with E-state index in [-0.39, 0.29) is 9.92 Å². The highest BCUT2D eigenvalue weighted by Gasteiger charge is 2.40. The van der Waals surface area contributed by atoms with Crippen LogP contribution in [0.2, 0.25) is 5.02 Å². The van der Waals surface area contributed by atoms with Gasteiger partial charge in [-0.25, -0.2) is 8.42 Å². The number of ether oxygens (including phenoxy) is 1. The van der Waals surface area contributed by atoms with Crippen LogP contribution >= 0.6 is 11.6 Å². The van der Waals surface area contributed by atoms with Gasteiger partial charge in [0.25, 0.3) is 0 Å². The van der Waals surface area contributed by atoms with Gasteiger partial charge in [-0.3, -0.25) is 4.98 Å². The molecule has 7 heteroatoms. The van der Waals surface area contributed by atoms with E-state index in [1.165, 1.54) is 22.8 Å². The summed E-state index contributed by atoms with van der Waals surface area (Å²) in [7, 11) is -3.64. The fourth-order valence-corrected chi connectivity index (χ4v) is 4.12. The van der Waals surface area contributed by atoms with E-state index in [2.05, 4.69) is 4.98 Å². The molecule has 0 atom stereocenters. The lowest BCUT2D eigenvalue weighted by molar-refractivity contribution is -0.00771. The first kappa shape index (κ1) is 13.7. The zero-order chi connectivity index (χ0) is 13.4. The number of rotatable bonds is 2. The van der Waals surface area contributed by atoms with Crippen LogP contribution in [-0.2, 0) is 14.8 Å². The van der Waals surface area contributed by atoms with Crippen molar-refractivity contribution in [1.29, 1.82) is 0 Å². The van der Waals surface area contributed by atoms with Crippen LogP contribution in [0, 0.1) is 0 Å². The van der Waals surface area contributed by atoms with Gasteiger partial charge in [0.1, 0.15) is 4.90 Å². The van der Waals surface area contributed by atoms with E-state index in [1.54, 1.807) is 0 Å². The lowest BCUT2D eigenvalue weighted by Crippen LogP contribution is -2.55. The van der Waals surface area contributed by atoms with E-state index in [4.69, 9.17) is 16.3 Å². The minimum atomic E-state index is -3.64. The summed E-state index contributed by atoms with van der Waals surface area (Å²) in [4.78, 5) is 3.88. The summed E-state index contributed by atoms with van der Waals surface area (Å²) in [6.45, 7) is 4.73. The van der Waals surface area contributed by atoms with Gasteiger partial charge in [-0.15, -0.1) is 0 Å². The minimum absolute atomic E-state index is 0.0432. The Morgan fingerprint density at radius 1 is 1.50 bits per heavy atom. The zero-order valence-electron chi connectivity index (χ0n) is 10.3. The summed E-state index contributed by atoms with van der Waals surface area (Å²) >= 11 is 5.94. The monoisotopic (exact) mass is 290 g/mol. The van der Waals surface area contributed by atoms with Crippen LogP contribution in [0.15, 0.2) is 23.4 Å². The standard InChI is InChI=1S/C11H15ClN2O3S/c1-11(2)8-17-6-5-14(11)18(15,16)10-7-13-4-3-9(10)12/h3-4,7H,5-6,8H2,1-2H3. The van der Waals surface area contributed by atoms with Crippen molar-refractivity contribution in [2.75, 3.05) is 19.8 Å². The van der Waals surface area contributed by atoms with Gasteiger partial charge in [0.05, 0.1) is 23.8 Å². The van der Waals surface area contributed by atoms with E-state index < -0.39 is 15.6 Å². The Labute approximate surface area is 112 Å². The van der Waals surface area contributed by atoms with Crippen LogP contribution in [0.4, 0.5) is 0 Å². The second-order valence-corrected chi connectivity index (χ2v) is 6.99. The molecule has 0 N–H and O–H groups in total. The van der Waals surface area contributed by atoms with E-state index in [0.717, 1.165) is 0 Å². The Balaban J connectivity index is 2.46. The molecule has 1 aliphatic heterocycles. The summed E-state index contributed by atoms with van der Waals surface area (Å²) in [5, 5.41) is 0.187. The van der Waals surface area contributed by atoms with Gasteiger partial charge in [-0.05, 0) is 19.9 Å². The van der Waals surface area contributed by atoms with Crippen molar-refractivity contribution in [2.24, 2.45) is 0 Å². The van der Waals surface area contributed by atoms with E-state index in [0.29, 0.717) is 19.8 Å².